The zero-order chi connectivity index (χ0) is 14.3. The molecular formula is C12H19N3O4. The van der Waals surface area contributed by atoms with Gasteiger partial charge in [-0.15, -0.1) is 0 Å². The van der Waals surface area contributed by atoms with Crippen LogP contribution in [-0.2, 0) is 9.47 Å². The predicted molar refractivity (Wildman–Crippen MR) is 69.0 cm³/mol. The largest absolute Gasteiger partial charge is 0.464 e. The topological polar surface area (TPSA) is 93.6 Å². The Kier molecular flexibility index (Phi) is 5.65. The lowest BCUT2D eigenvalue weighted by molar-refractivity contribution is 0.0356. The highest BCUT2D eigenvalue weighted by molar-refractivity contribution is 5.86. The second-order valence-electron chi connectivity index (χ2n) is 4.37. The number of carbonyl (C=O) groups excluding carboxylic acids is 1. The average molecular weight is 269 g/mol. The van der Waals surface area contributed by atoms with Crippen molar-refractivity contribution in [1.29, 1.82) is 0 Å². The monoisotopic (exact) mass is 269 g/mol. The van der Waals surface area contributed by atoms with Crippen molar-refractivity contribution in [2.45, 2.75) is 18.9 Å². The average Bonchev–Trinajstić information content (AvgIpc) is 2.43. The van der Waals surface area contributed by atoms with Crippen molar-refractivity contribution in [2.24, 2.45) is 0 Å². The Balaban J connectivity index is 2.52. The molecule has 0 bridgehead atoms. The number of carbonyl (C=O) groups is 1. The molecule has 0 aliphatic carbocycles. The minimum atomic E-state index is -0.904. The van der Waals surface area contributed by atoms with Crippen molar-refractivity contribution in [3.8, 4) is 0 Å². The SMILES string of the molecule is COCCC(C)(O)CNc1cnc(C(=O)OC)cn1. The van der Waals surface area contributed by atoms with Gasteiger partial charge in [-0.1, -0.05) is 0 Å². The number of hydrogen-bond acceptors (Lipinski definition) is 7. The highest BCUT2D eigenvalue weighted by Crippen LogP contribution is 2.11. The van der Waals surface area contributed by atoms with Gasteiger partial charge >= 0.3 is 5.97 Å². The van der Waals surface area contributed by atoms with E-state index in [-0.39, 0.29) is 5.69 Å². The molecule has 106 valence electrons. The first kappa shape index (κ1) is 15.3. The Morgan fingerprint density at radius 3 is 2.68 bits per heavy atom. The molecule has 1 atom stereocenters. The fourth-order valence-corrected chi connectivity index (χ4v) is 1.32. The van der Waals surface area contributed by atoms with Gasteiger partial charge in [0.2, 0.25) is 0 Å². The molecule has 0 amide bonds. The molecule has 0 aromatic carbocycles. The van der Waals surface area contributed by atoms with Gasteiger partial charge in [-0.2, -0.15) is 0 Å². The van der Waals surface area contributed by atoms with Crippen LogP contribution in [0.4, 0.5) is 5.82 Å². The highest BCUT2D eigenvalue weighted by Gasteiger charge is 2.19. The molecule has 1 rings (SSSR count). The number of methoxy groups -OCH3 is 2. The summed E-state index contributed by atoms with van der Waals surface area (Å²) in [5.41, 5.74) is -0.766. The molecule has 0 aliphatic heterocycles. The Morgan fingerprint density at radius 1 is 1.42 bits per heavy atom. The van der Waals surface area contributed by atoms with E-state index in [1.165, 1.54) is 19.5 Å². The van der Waals surface area contributed by atoms with Crippen molar-refractivity contribution in [3.05, 3.63) is 18.1 Å². The van der Waals surface area contributed by atoms with Crippen LogP contribution in [0.2, 0.25) is 0 Å². The summed E-state index contributed by atoms with van der Waals surface area (Å²) in [5.74, 6) is -0.0588. The smallest absolute Gasteiger partial charge is 0.358 e. The van der Waals surface area contributed by atoms with Gasteiger partial charge in [-0.3, -0.25) is 0 Å². The first-order chi connectivity index (χ1) is 8.98. The lowest BCUT2D eigenvalue weighted by Crippen LogP contribution is -2.34. The Hall–Kier alpha value is -1.73. The summed E-state index contributed by atoms with van der Waals surface area (Å²) in [6, 6.07) is 0. The van der Waals surface area contributed by atoms with Crippen LogP contribution in [0.15, 0.2) is 12.4 Å². The Morgan fingerprint density at radius 2 is 2.16 bits per heavy atom. The summed E-state index contributed by atoms with van der Waals surface area (Å²) in [5, 5.41) is 13.0. The van der Waals surface area contributed by atoms with Crippen molar-refractivity contribution in [1.82, 2.24) is 9.97 Å². The van der Waals surface area contributed by atoms with Crippen LogP contribution in [0.1, 0.15) is 23.8 Å². The number of nitrogens with one attached hydrogen (secondary N) is 1. The number of aromatic nitrogens is 2. The predicted octanol–water partition coefficient (Wildman–Crippen LogP) is 0.463. The van der Waals surface area contributed by atoms with Crippen LogP contribution in [0.25, 0.3) is 0 Å². The van der Waals surface area contributed by atoms with E-state index < -0.39 is 11.6 Å². The standard InChI is InChI=1S/C12H19N3O4/c1-12(17,4-5-18-2)8-15-10-7-13-9(6-14-10)11(16)19-3/h6-7,17H,4-5,8H2,1-3H3,(H,14,15). The highest BCUT2D eigenvalue weighted by atomic mass is 16.5. The maximum atomic E-state index is 11.2. The van der Waals surface area contributed by atoms with E-state index in [9.17, 15) is 9.90 Å². The Bertz CT molecular complexity index is 406. The Labute approximate surface area is 112 Å². The molecule has 2 N–H and O–H groups in total. The minimum absolute atomic E-state index is 0.138. The van der Waals surface area contributed by atoms with E-state index >= 15 is 0 Å². The molecule has 0 saturated heterocycles. The molecular weight excluding hydrogens is 250 g/mol. The van der Waals surface area contributed by atoms with Crippen LogP contribution in [0.5, 0.6) is 0 Å². The van der Waals surface area contributed by atoms with Crippen LogP contribution in [0, 0.1) is 0 Å². The molecule has 7 nitrogen and oxygen atoms in total. The van der Waals surface area contributed by atoms with Crippen molar-refractivity contribution in [3.63, 3.8) is 0 Å². The molecule has 19 heavy (non-hydrogen) atoms. The number of aliphatic hydroxyl groups is 1. The van der Waals surface area contributed by atoms with E-state index in [4.69, 9.17) is 4.74 Å². The van der Waals surface area contributed by atoms with E-state index in [2.05, 4.69) is 20.0 Å². The number of esters is 1. The number of rotatable bonds is 7. The van der Waals surface area contributed by atoms with Crippen molar-refractivity contribution >= 4 is 11.8 Å². The normalized spacial score (nSPS) is 13.7. The van der Waals surface area contributed by atoms with Crippen molar-refractivity contribution < 1.29 is 19.4 Å². The van der Waals surface area contributed by atoms with Gasteiger partial charge in [0.25, 0.3) is 0 Å². The van der Waals surface area contributed by atoms with Crippen LogP contribution in [-0.4, -0.2) is 54.0 Å². The number of nitrogens with zero attached hydrogens (tertiary/aromatic N) is 2. The minimum Gasteiger partial charge on any atom is -0.464 e. The molecule has 1 aromatic rings. The molecule has 1 aromatic heterocycles. The fourth-order valence-electron chi connectivity index (χ4n) is 1.32. The first-order valence-corrected chi connectivity index (χ1v) is 5.84. The van der Waals surface area contributed by atoms with Crippen LogP contribution < -0.4 is 5.32 Å². The molecule has 7 heteroatoms. The summed E-state index contributed by atoms with van der Waals surface area (Å²) >= 11 is 0. The third kappa shape index (κ3) is 5.19. The molecule has 1 unspecified atom stereocenters. The number of hydrogen-bond donors (Lipinski definition) is 2. The fraction of sp³-hybridized carbons (Fsp3) is 0.583. The zero-order valence-electron chi connectivity index (χ0n) is 11.3. The molecule has 1 heterocycles. The summed E-state index contributed by atoms with van der Waals surface area (Å²) in [4.78, 5) is 19.1. The maximum Gasteiger partial charge on any atom is 0.358 e. The van der Waals surface area contributed by atoms with Gasteiger partial charge in [-0.05, 0) is 6.92 Å². The number of ether oxygens (including phenoxy) is 2. The second kappa shape index (κ2) is 7.01. The van der Waals surface area contributed by atoms with Gasteiger partial charge in [0.1, 0.15) is 5.82 Å². The third-order valence-electron chi connectivity index (χ3n) is 2.54. The molecule has 0 radical (unpaired) electrons. The van der Waals surface area contributed by atoms with Crippen molar-refractivity contribution in [2.75, 3.05) is 32.7 Å². The van der Waals surface area contributed by atoms with E-state index in [0.29, 0.717) is 25.4 Å². The summed E-state index contributed by atoms with van der Waals surface area (Å²) in [6.07, 6.45) is 3.24. The van der Waals surface area contributed by atoms with E-state index in [1.807, 2.05) is 0 Å². The van der Waals surface area contributed by atoms with Crippen LogP contribution in [0.3, 0.4) is 0 Å². The quantitative estimate of drug-likeness (QED) is 0.694. The van der Waals surface area contributed by atoms with Gasteiger partial charge < -0.3 is 19.9 Å². The van der Waals surface area contributed by atoms with Gasteiger partial charge in [0.05, 0.1) is 25.1 Å². The summed E-state index contributed by atoms with van der Waals surface area (Å²) in [6.45, 7) is 2.49. The first-order valence-electron chi connectivity index (χ1n) is 5.84. The van der Waals surface area contributed by atoms with Gasteiger partial charge in [0.15, 0.2) is 5.69 Å². The second-order valence-corrected chi connectivity index (χ2v) is 4.37. The van der Waals surface area contributed by atoms with E-state index in [1.54, 1.807) is 14.0 Å². The van der Waals surface area contributed by atoms with Gasteiger partial charge in [-0.25, -0.2) is 14.8 Å². The third-order valence-corrected chi connectivity index (χ3v) is 2.54. The lowest BCUT2D eigenvalue weighted by atomic mass is 10.0. The van der Waals surface area contributed by atoms with Gasteiger partial charge in [0, 0.05) is 26.7 Å². The summed E-state index contributed by atoms with van der Waals surface area (Å²) < 4.78 is 9.44. The molecule has 0 aliphatic rings. The lowest BCUT2D eigenvalue weighted by Gasteiger charge is -2.23. The zero-order valence-corrected chi connectivity index (χ0v) is 11.3. The molecule has 0 saturated carbocycles. The number of anilines is 1. The molecule has 0 fully saturated rings. The van der Waals surface area contributed by atoms with E-state index in [0.717, 1.165) is 0 Å². The molecule has 0 spiro atoms. The maximum absolute atomic E-state index is 11.2. The van der Waals surface area contributed by atoms with Crippen LogP contribution >= 0.6 is 0 Å². The summed E-state index contributed by atoms with van der Waals surface area (Å²) in [7, 11) is 2.86.